The molecule has 2 heterocycles. The molecule has 142 valence electrons. The molecule has 0 radical (unpaired) electrons. The molecule has 8 heteroatoms. The van der Waals surface area contributed by atoms with Gasteiger partial charge in [-0.2, -0.15) is 0 Å². The zero-order chi connectivity index (χ0) is 19.8. The van der Waals surface area contributed by atoms with Crippen LogP contribution in [-0.4, -0.2) is 26.0 Å². The van der Waals surface area contributed by atoms with Crippen LogP contribution in [0.3, 0.4) is 0 Å². The van der Waals surface area contributed by atoms with E-state index in [1.54, 1.807) is 6.07 Å². The molecule has 28 heavy (non-hydrogen) atoms. The van der Waals surface area contributed by atoms with Gasteiger partial charge in [0.15, 0.2) is 0 Å². The van der Waals surface area contributed by atoms with Crippen LogP contribution in [0.2, 0.25) is 0 Å². The number of fused-ring (bicyclic) bond motifs is 2. The molecule has 0 fully saturated rings. The van der Waals surface area contributed by atoms with Gasteiger partial charge in [0.05, 0.1) is 16.0 Å². The predicted octanol–water partition coefficient (Wildman–Crippen LogP) is 3.11. The van der Waals surface area contributed by atoms with Crippen molar-refractivity contribution < 1.29 is 4.92 Å². The average Bonchev–Trinajstić information content (AvgIpc) is 2.96. The summed E-state index contributed by atoms with van der Waals surface area (Å²) in [5.41, 5.74) is 9.09. The van der Waals surface area contributed by atoms with Gasteiger partial charge in [-0.15, -0.1) is 0 Å². The van der Waals surface area contributed by atoms with Gasteiger partial charge in [-0.25, -0.2) is 4.98 Å². The summed E-state index contributed by atoms with van der Waals surface area (Å²) in [6, 6.07) is 12.1. The first-order valence-electron chi connectivity index (χ1n) is 8.98. The number of benzene rings is 2. The summed E-state index contributed by atoms with van der Waals surface area (Å²) in [5.74, 6) is 0. The van der Waals surface area contributed by atoms with E-state index < -0.39 is 4.92 Å². The number of para-hydroxylation sites is 1. The highest BCUT2D eigenvalue weighted by Crippen LogP contribution is 2.33. The van der Waals surface area contributed by atoms with Gasteiger partial charge in [0.1, 0.15) is 5.69 Å². The Hall–Kier alpha value is -3.52. The largest absolute Gasteiger partial charge is 0.344 e. The molecular formula is C20H19N5O3. The first kappa shape index (κ1) is 17.9. The molecule has 0 spiro atoms. The van der Waals surface area contributed by atoms with Gasteiger partial charge in [-0.1, -0.05) is 18.2 Å². The van der Waals surface area contributed by atoms with E-state index in [2.05, 4.69) is 14.5 Å². The van der Waals surface area contributed by atoms with Crippen LogP contribution in [0.1, 0.15) is 12.1 Å². The Morgan fingerprint density at radius 1 is 1.25 bits per heavy atom. The Labute approximate surface area is 159 Å². The monoisotopic (exact) mass is 377 g/mol. The van der Waals surface area contributed by atoms with Crippen molar-refractivity contribution in [3.05, 3.63) is 68.6 Å². The maximum Gasteiger partial charge on any atom is 0.275 e. The van der Waals surface area contributed by atoms with Gasteiger partial charge in [0.2, 0.25) is 0 Å². The molecule has 4 rings (SSSR count). The zero-order valence-electron chi connectivity index (χ0n) is 15.3. The van der Waals surface area contributed by atoms with Crippen LogP contribution in [0.15, 0.2) is 47.3 Å². The van der Waals surface area contributed by atoms with E-state index in [-0.39, 0.29) is 11.2 Å². The Balaban J connectivity index is 1.97. The molecule has 0 atom stereocenters. The Kier molecular flexibility index (Phi) is 4.40. The lowest BCUT2D eigenvalue weighted by Gasteiger charge is -2.08. The van der Waals surface area contributed by atoms with Gasteiger partial charge in [-0.05, 0) is 32.0 Å². The Bertz CT molecular complexity index is 1270. The minimum absolute atomic E-state index is 0.0905. The third-order valence-electron chi connectivity index (χ3n) is 4.94. The highest BCUT2D eigenvalue weighted by molar-refractivity contribution is 5.97. The Morgan fingerprint density at radius 3 is 2.79 bits per heavy atom. The summed E-state index contributed by atoms with van der Waals surface area (Å²) < 4.78 is 2.15. The van der Waals surface area contributed by atoms with Crippen LogP contribution < -0.4 is 11.3 Å². The number of nitrogens with zero attached hydrogens (tertiary/aromatic N) is 3. The van der Waals surface area contributed by atoms with E-state index in [1.807, 2.05) is 31.2 Å². The van der Waals surface area contributed by atoms with Crippen molar-refractivity contribution in [3.8, 4) is 11.3 Å². The van der Waals surface area contributed by atoms with Crippen LogP contribution >= 0.6 is 0 Å². The minimum atomic E-state index is -0.499. The first-order chi connectivity index (χ1) is 13.5. The van der Waals surface area contributed by atoms with E-state index in [4.69, 9.17) is 5.73 Å². The van der Waals surface area contributed by atoms with E-state index in [0.717, 1.165) is 35.1 Å². The van der Waals surface area contributed by atoms with Crippen molar-refractivity contribution >= 4 is 27.6 Å². The quantitative estimate of drug-likeness (QED) is 0.409. The number of nitrogens with two attached hydrogens (primary N) is 1. The fourth-order valence-electron chi connectivity index (χ4n) is 3.62. The van der Waals surface area contributed by atoms with Crippen LogP contribution in [-0.2, 0) is 6.54 Å². The molecule has 3 N–H and O–H groups in total. The number of nitro benzene ring substituents is 1. The van der Waals surface area contributed by atoms with Gasteiger partial charge in [0.25, 0.3) is 11.2 Å². The number of hydrogen-bond donors (Lipinski definition) is 2. The second-order valence-electron chi connectivity index (χ2n) is 6.64. The minimum Gasteiger partial charge on any atom is -0.344 e. The van der Waals surface area contributed by atoms with Gasteiger partial charge in [0, 0.05) is 40.8 Å². The smallest absolute Gasteiger partial charge is 0.275 e. The zero-order valence-corrected chi connectivity index (χ0v) is 15.3. The Morgan fingerprint density at radius 2 is 2.04 bits per heavy atom. The third kappa shape index (κ3) is 2.84. The van der Waals surface area contributed by atoms with Crippen LogP contribution in [0.4, 0.5) is 5.69 Å². The number of rotatable bonds is 5. The maximum atomic E-state index is 12.8. The molecule has 0 amide bonds. The molecule has 2 aromatic heterocycles. The second kappa shape index (κ2) is 6.90. The van der Waals surface area contributed by atoms with E-state index in [0.29, 0.717) is 23.3 Å². The average molecular weight is 377 g/mol. The SMILES string of the molecule is Cc1c(-c2nc3ccc([N+](=O)[O-])cc3[nH]c2=O)c2ccccc2n1CCCN. The molecule has 0 aliphatic carbocycles. The predicted molar refractivity (Wildman–Crippen MR) is 108 cm³/mol. The van der Waals surface area contributed by atoms with E-state index >= 15 is 0 Å². The van der Waals surface area contributed by atoms with Crippen molar-refractivity contribution in [3.63, 3.8) is 0 Å². The molecule has 4 aromatic rings. The van der Waals surface area contributed by atoms with Crippen molar-refractivity contribution in [2.24, 2.45) is 5.73 Å². The number of non-ortho nitro benzene ring substituents is 1. The molecule has 2 aromatic carbocycles. The standard InChI is InChI=1S/C20H19N5O3/c1-12-18(14-5-2-3-6-17(14)24(12)10-4-9-21)19-20(26)23-16-11-13(25(27)28)7-8-15(16)22-19/h2-3,5-8,11H,4,9-10,21H2,1H3,(H,23,26). The lowest BCUT2D eigenvalue weighted by molar-refractivity contribution is -0.384. The van der Waals surface area contributed by atoms with Gasteiger partial charge < -0.3 is 15.3 Å². The van der Waals surface area contributed by atoms with E-state index in [1.165, 1.54) is 12.1 Å². The number of aromatic amines is 1. The number of nitrogens with one attached hydrogen (secondary N) is 1. The van der Waals surface area contributed by atoms with Gasteiger partial charge in [-0.3, -0.25) is 14.9 Å². The van der Waals surface area contributed by atoms with Gasteiger partial charge >= 0.3 is 0 Å². The molecule has 0 aliphatic heterocycles. The second-order valence-corrected chi connectivity index (χ2v) is 6.64. The lowest BCUT2D eigenvalue weighted by Crippen LogP contribution is -2.12. The molecular weight excluding hydrogens is 358 g/mol. The van der Waals surface area contributed by atoms with Crippen molar-refractivity contribution in [2.45, 2.75) is 19.9 Å². The lowest BCUT2D eigenvalue weighted by atomic mass is 10.1. The number of H-pyrrole nitrogens is 1. The summed E-state index contributed by atoms with van der Waals surface area (Å²) in [5, 5.41) is 11.9. The van der Waals surface area contributed by atoms with Crippen LogP contribution in [0.25, 0.3) is 33.2 Å². The summed E-state index contributed by atoms with van der Waals surface area (Å²) in [6.45, 7) is 3.29. The highest BCUT2D eigenvalue weighted by Gasteiger charge is 2.19. The molecule has 8 nitrogen and oxygen atoms in total. The number of nitro groups is 1. The first-order valence-corrected chi connectivity index (χ1v) is 8.98. The normalized spacial score (nSPS) is 11.4. The molecule has 0 saturated carbocycles. The van der Waals surface area contributed by atoms with Crippen molar-refractivity contribution in [1.29, 1.82) is 0 Å². The fourth-order valence-corrected chi connectivity index (χ4v) is 3.62. The van der Waals surface area contributed by atoms with E-state index in [9.17, 15) is 14.9 Å². The molecule has 0 saturated heterocycles. The summed E-state index contributed by atoms with van der Waals surface area (Å²) in [6.07, 6.45) is 0.824. The van der Waals surface area contributed by atoms with Crippen molar-refractivity contribution in [1.82, 2.24) is 14.5 Å². The maximum absolute atomic E-state index is 12.8. The molecule has 0 bridgehead atoms. The summed E-state index contributed by atoms with van der Waals surface area (Å²) in [7, 11) is 0. The molecule has 0 unspecified atom stereocenters. The number of aromatic nitrogens is 3. The fraction of sp³-hybridized carbons (Fsp3) is 0.200. The molecule has 0 aliphatic rings. The van der Waals surface area contributed by atoms with Crippen LogP contribution in [0.5, 0.6) is 0 Å². The third-order valence-corrected chi connectivity index (χ3v) is 4.94. The number of aryl methyl sites for hydroxylation is 1. The van der Waals surface area contributed by atoms with Crippen molar-refractivity contribution in [2.75, 3.05) is 6.54 Å². The topological polar surface area (TPSA) is 120 Å². The summed E-state index contributed by atoms with van der Waals surface area (Å²) in [4.78, 5) is 30.6. The highest BCUT2D eigenvalue weighted by atomic mass is 16.6. The van der Waals surface area contributed by atoms with Crippen LogP contribution in [0, 0.1) is 17.0 Å². The number of hydrogen-bond acceptors (Lipinski definition) is 5. The summed E-state index contributed by atoms with van der Waals surface area (Å²) >= 11 is 0.